The fourth-order valence-corrected chi connectivity index (χ4v) is 11.6. The van der Waals surface area contributed by atoms with Crippen molar-refractivity contribution in [3.8, 4) is 0 Å². The van der Waals surface area contributed by atoms with Gasteiger partial charge in [0.2, 0.25) is 0 Å². The smallest absolute Gasteiger partial charge is 0.261 e. The Morgan fingerprint density at radius 3 is 2.25 bits per heavy atom. The van der Waals surface area contributed by atoms with Crippen LogP contribution in [0.25, 0.3) is 5.52 Å². The van der Waals surface area contributed by atoms with Crippen molar-refractivity contribution >= 4 is 46.0 Å². The molecule has 2 bridgehead atoms. The summed E-state index contributed by atoms with van der Waals surface area (Å²) in [4.78, 5) is 9.10. The van der Waals surface area contributed by atoms with Gasteiger partial charge in [-0.25, -0.2) is 9.97 Å². The largest absolute Gasteiger partial charge is 0.404 e. The van der Waals surface area contributed by atoms with Crippen molar-refractivity contribution in [3.63, 3.8) is 0 Å². The summed E-state index contributed by atoms with van der Waals surface area (Å²) >= 11 is 3.59. The molecule has 1 aliphatic carbocycles. The molecule has 186 valence electrons. The molecule has 2 N–H and O–H groups in total. The molecule has 0 radical (unpaired) electrons. The lowest BCUT2D eigenvalue weighted by atomic mass is 9.62. The lowest BCUT2D eigenvalue weighted by Crippen LogP contribution is -2.68. The molecular weight excluding hydrogens is 532 g/mol. The minimum Gasteiger partial charge on any atom is -0.404 e. The minimum atomic E-state index is -2.62. The molecule has 36 heavy (non-hydrogen) atoms. The molecule has 8 heteroatoms. The topological polar surface area (TPSA) is 74.7 Å². The molecule has 0 atom stereocenters. The van der Waals surface area contributed by atoms with Gasteiger partial charge in [-0.05, 0) is 44.2 Å². The number of hydrogen-bond donors (Lipinski definition) is 1. The molecule has 1 saturated carbocycles. The fraction of sp³-hybridized carbons (Fsp3) is 0.357. The number of halogens is 1. The Labute approximate surface area is 221 Å². The van der Waals surface area contributed by atoms with Crippen LogP contribution < -0.4 is 16.1 Å². The van der Waals surface area contributed by atoms with Gasteiger partial charge in [0.15, 0.2) is 5.82 Å². The van der Waals surface area contributed by atoms with Crippen LogP contribution in [0, 0.1) is 0 Å². The van der Waals surface area contributed by atoms with Crippen LogP contribution in [0.3, 0.4) is 0 Å². The maximum absolute atomic E-state index is 7.23. The second kappa shape index (κ2) is 8.24. The summed E-state index contributed by atoms with van der Waals surface area (Å²) in [6.45, 7) is 8.12. The number of hydrogen-bond acceptors (Lipinski definition) is 5. The van der Waals surface area contributed by atoms with Crippen molar-refractivity contribution < 1.29 is 9.16 Å². The van der Waals surface area contributed by atoms with E-state index in [4.69, 9.17) is 19.9 Å². The van der Waals surface area contributed by atoms with Gasteiger partial charge in [-0.2, -0.15) is 0 Å². The van der Waals surface area contributed by atoms with Gasteiger partial charge >= 0.3 is 0 Å². The number of nitrogens with two attached hydrogens (primary N) is 1. The summed E-state index contributed by atoms with van der Waals surface area (Å²) in [7, 11) is -2.62. The summed E-state index contributed by atoms with van der Waals surface area (Å²) in [5.41, 5.74) is 6.52. The molecule has 3 fully saturated rings. The van der Waals surface area contributed by atoms with Crippen molar-refractivity contribution in [2.45, 2.75) is 49.7 Å². The van der Waals surface area contributed by atoms with Gasteiger partial charge in [-0.1, -0.05) is 81.4 Å². The third-order valence-electron chi connectivity index (χ3n) is 7.96. The standard InChI is InChI=1S/C28H31BrN4O2Si/c1-26(2,3)36(20-10-6-4-7-11-20,21-12-8-5-9-13-21)35-19-28-16-27(17-28,18-34-28)25-32-23(29)22-24(30)31-14-15-33(22)25/h4-15H,16-19H2,1-3H3,(H2,30,31). The zero-order valence-corrected chi connectivity index (χ0v) is 23.5. The number of rotatable bonds is 6. The zero-order valence-electron chi connectivity index (χ0n) is 20.9. The second-order valence-electron chi connectivity index (χ2n) is 11.3. The van der Waals surface area contributed by atoms with Gasteiger partial charge in [0.25, 0.3) is 8.32 Å². The van der Waals surface area contributed by atoms with Crippen LogP contribution in [0.4, 0.5) is 5.82 Å². The number of nitrogen functional groups attached to an aromatic ring is 1. The number of imidazole rings is 1. The van der Waals surface area contributed by atoms with E-state index in [0.29, 0.717) is 19.0 Å². The van der Waals surface area contributed by atoms with Crippen LogP contribution >= 0.6 is 15.9 Å². The molecule has 0 unspecified atom stereocenters. The number of ether oxygens (including phenoxy) is 1. The van der Waals surface area contributed by atoms with Crippen LogP contribution in [-0.2, 0) is 14.6 Å². The first-order chi connectivity index (χ1) is 17.2. The van der Waals surface area contributed by atoms with Gasteiger partial charge in [0.1, 0.15) is 15.9 Å². The van der Waals surface area contributed by atoms with Gasteiger partial charge < -0.3 is 14.9 Å². The molecular formula is C28H31BrN4O2Si. The highest BCUT2D eigenvalue weighted by atomic mass is 79.9. The Morgan fingerprint density at radius 1 is 1.06 bits per heavy atom. The summed E-state index contributed by atoms with van der Waals surface area (Å²) < 4.78 is 16.5. The average molecular weight is 564 g/mol. The quantitative estimate of drug-likeness (QED) is 0.351. The van der Waals surface area contributed by atoms with Crippen LogP contribution in [0.2, 0.25) is 5.04 Å². The number of benzene rings is 2. The molecule has 3 aliphatic rings. The van der Waals surface area contributed by atoms with Gasteiger partial charge in [-0.3, -0.25) is 4.40 Å². The van der Waals surface area contributed by atoms with E-state index in [1.54, 1.807) is 6.20 Å². The molecule has 2 aromatic carbocycles. The average Bonchev–Trinajstić information content (AvgIpc) is 3.51. The maximum Gasteiger partial charge on any atom is 0.261 e. The van der Waals surface area contributed by atoms with Gasteiger partial charge in [0.05, 0.1) is 24.2 Å². The van der Waals surface area contributed by atoms with E-state index < -0.39 is 8.32 Å². The van der Waals surface area contributed by atoms with E-state index in [-0.39, 0.29) is 16.1 Å². The molecule has 4 heterocycles. The van der Waals surface area contributed by atoms with E-state index in [1.165, 1.54) is 10.4 Å². The molecule has 2 aliphatic heterocycles. The Morgan fingerprint density at radius 2 is 1.67 bits per heavy atom. The highest BCUT2D eigenvalue weighted by Crippen LogP contribution is 2.59. The van der Waals surface area contributed by atoms with Crippen molar-refractivity contribution in [3.05, 3.63) is 83.5 Å². The zero-order chi connectivity index (χ0) is 25.2. The Kier molecular flexibility index (Phi) is 5.46. The second-order valence-corrected chi connectivity index (χ2v) is 16.4. The number of fused-ring (bicyclic) bond motifs is 2. The van der Waals surface area contributed by atoms with E-state index in [0.717, 1.165) is 28.8 Å². The van der Waals surface area contributed by atoms with E-state index >= 15 is 0 Å². The molecule has 2 saturated heterocycles. The van der Waals surface area contributed by atoms with Crippen LogP contribution in [0.5, 0.6) is 0 Å². The first kappa shape index (κ1) is 23.9. The van der Waals surface area contributed by atoms with E-state index in [9.17, 15) is 0 Å². The predicted molar refractivity (Wildman–Crippen MR) is 148 cm³/mol. The Balaban J connectivity index is 1.34. The molecule has 2 aromatic heterocycles. The highest BCUT2D eigenvalue weighted by Gasteiger charge is 2.66. The third-order valence-corrected chi connectivity index (χ3v) is 13.5. The summed E-state index contributed by atoms with van der Waals surface area (Å²) in [6.07, 6.45) is 5.42. The predicted octanol–water partition coefficient (Wildman–Crippen LogP) is 4.45. The lowest BCUT2D eigenvalue weighted by Gasteiger charge is -2.48. The highest BCUT2D eigenvalue weighted by molar-refractivity contribution is 9.10. The van der Waals surface area contributed by atoms with Crippen molar-refractivity contribution in [1.29, 1.82) is 0 Å². The number of aromatic nitrogens is 3. The fourth-order valence-electron chi connectivity index (χ4n) is 6.44. The number of anilines is 1. The van der Waals surface area contributed by atoms with E-state index in [1.807, 2.05) is 6.20 Å². The summed E-state index contributed by atoms with van der Waals surface area (Å²) in [6, 6.07) is 21.6. The van der Waals surface area contributed by atoms with Crippen LogP contribution in [-0.4, -0.2) is 41.5 Å². The van der Waals surface area contributed by atoms with Gasteiger partial charge in [0, 0.05) is 12.4 Å². The van der Waals surface area contributed by atoms with Crippen LogP contribution in [0.15, 0.2) is 77.7 Å². The molecule has 7 rings (SSSR count). The third kappa shape index (κ3) is 3.42. The van der Waals surface area contributed by atoms with Crippen molar-refractivity contribution in [1.82, 2.24) is 14.4 Å². The van der Waals surface area contributed by atoms with Crippen molar-refractivity contribution in [2.75, 3.05) is 18.9 Å². The maximum atomic E-state index is 7.23. The van der Waals surface area contributed by atoms with Crippen molar-refractivity contribution in [2.24, 2.45) is 0 Å². The van der Waals surface area contributed by atoms with E-state index in [2.05, 4.69) is 107 Å². The SMILES string of the molecule is CC(C)(C)[Si](OCC12CC(c3nc(Br)c4c(N)nccn34)(CO1)C2)(c1ccccc1)c1ccccc1. The first-order valence-electron chi connectivity index (χ1n) is 12.4. The summed E-state index contributed by atoms with van der Waals surface area (Å²) in [5, 5.41) is 2.50. The number of nitrogens with zero attached hydrogens (tertiary/aromatic N) is 3. The van der Waals surface area contributed by atoms with Crippen LogP contribution in [0.1, 0.15) is 39.4 Å². The molecule has 4 aromatic rings. The Bertz CT molecular complexity index is 1370. The minimum absolute atomic E-state index is 0.0690. The molecule has 0 amide bonds. The molecule has 6 nitrogen and oxygen atoms in total. The normalized spacial score (nSPS) is 23.7. The Hall–Kier alpha value is -2.52. The monoisotopic (exact) mass is 562 g/mol. The summed E-state index contributed by atoms with van der Waals surface area (Å²) in [5.74, 6) is 1.45. The first-order valence-corrected chi connectivity index (χ1v) is 15.1. The van der Waals surface area contributed by atoms with Gasteiger partial charge in [-0.15, -0.1) is 0 Å². The lowest BCUT2D eigenvalue weighted by molar-refractivity contribution is -0.0433. The molecule has 0 spiro atoms.